The van der Waals surface area contributed by atoms with Gasteiger partial charge < -0.3 is 5.73 Å². The Morgan fingerprint density at radius 3 is 2.53 bits per heavy atom. The summed E-state index contributed by atoms with van der Waals surface area (Å²) < 4.78 is 0. The fraction of sp³-hybridized carbons (Fsp3) is 0.333. The van der Waals surface area contributed by atoms with E-state index in [9.17, 15) is 4.79 Å². The van der Waals surface area contributed by atoms with Crippen LogP contribution >= 0.6 is 0 Å². The summed E-state index contributed by atoms with van der Waals surface area (Å²) in [6.07, 6.45) is 0.557. The molecule has 0 aromatic heterocycles. The second-order valence-electron chi connectivity index (χ2n) is 4.11. The Hall–Kier alpha value is -1.82. The van der Waals surface area contributed by atoms with Crippen LogP contribution in [-0.2, 0) is 4.79 Å². The molecular weight excluding hydrogens is 188 g/mol. The molecular formula is C12H12N2O. The average molecular weight is 200 g/mol. The molecule has 3 heteroatoms. The molecule has 1 amide bonds. The first-order valence-electron chi connectivity index (χ1n) is 4.88. The summed E-state index contributed by atoms with van der Waals surface area (Å²) in [6, 6.07) is 9.93. The van der Waals surface area contributed by atoms with Gasteiger partial charge in [0.1, 0.15) is 5.41 Å². The lowest BCUT2D eigenvalue weighted by molar-refractivity contribution is -0.121. The number of hydrogen-bond acceptors (Lipinski definition) is 2. The lowest BCUT2D eigenvalue weighted by atomic mass is 9.99. The third-order valence-electron chi connectivity index (χ3n) is 3.08. The van der Waals surface area contributed by atoms with Crippen molar-refractivity contribution in [2.75, 3.05) is 0 Å². The fourth-order valence-electron chi connectivity index (χ4n) is 1.92. The summed E-state index contributed by atoms with van der Waals surface area (Å²) in [4.78, 5) is 11.2. The van der Waals surface area contributed by atoms with E-state index in [1.807, 2.05) is 37.3 Å². The molecule has 1 saturated carbocycles. The molecule has 1 aromatic carbocycles. The van der Waals surface area contributed by atoms with Gasteiger partial charge in [-0.15, -0.1) is 0 Å². The minimum Gasteiger partial charge on any atom is -0.368 e. The van der Waals surface area contributed by atoms with Crippen molar-refractivity contribution >= 4 is 5.91 Å². The number of aryl methyl sites for hydroxylation is 1. The van der Waals surface area contributed by atoms with Gasteiger partial charge in [-0.3, -0.25) is 4.79 Å². The molecule has 1 aromatic rings. The van der Waals surface area contributed by atoms with Crippen LogP contribution in [0.1, 0.15) is 23.5 Å². The van der Waals surface area contributed by atoms with Crippen molar-refractivity contribution in [2.24, 2.45) is 11.1 Å². The van der Waals surface area contributed by atoms with Crippen molar-refractivity contribution in [1.29, 1.82) is 5.26 Å². The molecule has 1 aliphatic rings. The number of nitriles is 1. The van der Waals surface area contributed by atoms with E-state index in [1.54, 1.807) is 0 Å². The molecule has 0 spiro atoms. The lowest BCUT2D eigenvalue weighted by Gasteiger charge is -2.04. The van der Waals surface area contributed by atoms with Crippen LogP contribution in [0, 0.1) is 23.7 Å². The monoisotopic (exact) mass is 200 g/mol. The average Bonchev–Trinajstić information content (AvgIpc) is 2.95. The fourth-order valence-corrected chi connectivity index (χ4v) is 1.92. The van der Waals surface area contributed by atoms with E-state index in [4.69, 9.17) is 11.0 Å². The van der Waals surface area contributed by atoms with Gasteiger partial charge in [-0.05, 0) is 18.9 Å². The van der Waals surface area contributed by atoms with Gasteiger partial charge in [-0.1, -0.05) is 29.8 Å². The number of benzene rings is 1. The molecule has 0 bridgehead atoms. The largest absolute Gasteiger partial charge is 0.368 e. The van der Waals surface area contributed by atoms with E-state index in [0.717, 1.165) is 5.56 Å². The normalized spacial score (nSPS) is 28.1. The zero-order valence-electron chi connectivity index (χ0n) is 8.53. The Bertz CT molecular complexity index is 444. The first-order chi connectivity index (χ1) is 7.10. The third-order valence-corrected chi connectivity index (χ3v) is 3.08. The van der Waals surface area contributed by atoms with Gasteiger partial charge in [0.05, 0.1) is 6.07 Å². The first-order valence-corrected chi connectivity index (χ1v) is 4.88. The van der Waals surface area contributed by atoms with Crippen molar-refractivity contribution in [3.63, 3.8) is 0 Å². The standard InChI is InChI=1S/C12H12N2O/c1-8-2-4-9(5-3-8)10-6-12(10,7-13)11(14)15/h2-5,10H,6H2,1H3,(H2,14,15). The van der Waals surface area contributed by atoms with Gasteiger partial charge in [-0.25, -0.2) is 0 Å². The Kier molecular flexibility index (Phi) is 2.01. The SMILES string of the molecule is Cc1ccc(C2CC2(C#N)C(N)=O)cc1. The van der Waals surface area contributed by atoms with E-state index in [-0.39, 0.29) is 5.92 Å². The molecule has 0 heterocycles. The van der Waals surface area contributed by atoms with Gasteiger partial charge in [0.2, 0.25) is 5.91 Å². The summed E-state index contributed by atoms with van der Waals surface area (Å²) in [5.74, 6) is -0.517. The summed E-state index contributed by atoms with van der Waals surface area (Å²) in [7, 11) is 0. The highest BCUT2D eigenvalue weighted by Crippen LogP contribution is 2.58. The van der Waals surface area contributed by atoms with Gasteiger partial charge in [-0.2, -0.15) is 5.26 Å². The van der Waals surface area contributed by atoms with Crippen molar-refractivity contribution in [2.45, 2.75) is 19.3 Å². The van der Waals surface area contributed by atoms with Crippen molar-refractivity contribution < 1.29 is 4.79 Å². The second-order valence-corrected chi connectivity index (χ2v) is 4.11. The highest BCUT2D eigenvalue weighted by molar-refractivity contribution is 5.89. The van der Waals surface area contributed by atoms with Crippen molar-refractivity contribution in [3.8, 4) is 6.07 Å². The van der Waals surface area contributed by atoms with Gasteiger partial charge in [0.25, 0.3) is 0 Å². The van der Waals surface area contributed by atoms with Crippen LogP contribution in [0.25, 0.3) is 0 Å². The van der Waals surface area contributed by atoms with Gasteiger partial charge >= 0.3 is 0 Å². The number of rotatable bonds is 2. The van der Waals surface area contributed by atoms with E-state index in [2.05, 4.69) is 0 Å². The Morgan fingerprint density at radius 1 is 1.53 bits per heavy atom. The predicted octanol–water partition coefficient (Wildman–Crippen LogP) is 1.48. The molecule has 2 rings (SSSR count). The quantitative estimate of drug-likeness (QED) is 0.785. The van der Waals surface area contributed by atoms with Crippen LogP contribution in [-0.4, -0.2) is 5.91 Å². The number of primary amides is 1. The lowest BCUT2D eigenvalue weighted by Crippen LogP contribution is -2.24. The molecule has 2 N–H and O–H groups in total. The summed E-state index contributed by atoms with van der Waals surface area (Å²) in [5.41, 5.74) is 6.49. The molecule has 1 fully saturated rings. The second kappa shape index (κ2) is 3.09. The van der Waals surface area contributed by atoms with Crippen LogP contribution in [0.5, 0.6) is 0 Å². The topological polar surface area (TPSA) is 66.9 Å². The van der Waals surface area contributed by atoms with Gasteiger partial charge in [0.15, 0.2) is 0 Å². The van der Waals surface area contributed by atoms with E-state index in [0.29, 0.717) is 6.42 Å². The van der Waals surface area contributed by atoms with E-state index >= 15 is 0 Å². The zero-order valence-corrected chi connectivity index (χ0v) is 8.53. The van der Waals surface area contributed by atoms with Gasteiger partial charge in [0, 0.05) is 5.92 Å². The van der Waals surface area contributed by atoms with Crippen LogP contribution in [0.4, 0.5) is 0 Å². The Balaban J connectivity index is 2.27. The number of nitrogens with two attached hydrogens (primary N) is 1. The zero-order chi connectivity index (χ0) is 11.1. The van der Waals surface area contributed by atoms with E-state index in [1.165, 1.54) is 5.56 Å². The smallest absolute Gasteiger partial charge is 0.238 e. The summed E-state index contributed by atoms with van der Waals surface area (Å²) in [6.45, 7) is 2.00. The maximum absolute atomic E-state index is 11.2. The molecule has 15 heavy (non-hydrogen) atoms. The molecule has 3 nitrogen and oxygen atoms in total. The van der Waals surface area contributed by atoms with E-state index < -0.39 is 11.3 Å². The number of amides is 1. The highest BCUT2D eigenvalue weighted by Gasteiger charge is 2.60. The number of hydrogen-bond donors (Lipinski definition) is 1. The van der Waals surface area contributed by atoms with Crippen LogP contribution in [0.3, 0.4) is 0 Å². The number of carbonyl (C=O) groups is 1. The van der Waals surface area contributed by atoms with Crippen LogP contribution < -0.4 is 5.73 Å². The molecule has 0 radical (unpaired) electrons. The maximum Gasteiger partial charge on any atom is 0.238 e. The minimum atomic E-state index is -0.949. The first kappa shape index (κ1) is 9.72. The molecule has 1 aliphatic carbocycles. The van der Waals surface area contributed by atoms with Crippen LogP contribution in [0.15, 0.2) is 24.3 Å². The molecule has 0 aliphatic heterocycles. The maximum atomic E-state index is 11.2. The Labute approximate surface area is 88.5 Å². The van der Waals surface area contributed by atoms with Crippen molar-refractivity contribution in [3.05, 3.63) is 35.4 Å². The minimum absolute atomic E-state index is 0.0133. The molecule has 76 valence electrons. The highest BCUT2D eigenvalue weighted by atomic mass is 16.1. The van der Waals surface area contributed by atoms with Crippen LogP contribution in [0.2, 0.25) is 0 Å². The van der Waals surface area contributed by atoms with Crippen molar-refractivity contribution in [1.82, 2.24) is 0 Å². The Morgan fingerprint density at radius 2 is 2.13 bits per heavy atom. The number of carbonyl (C=O) groups excluding carboxylic acids is 1. The molecule has 2 atom stereocenters. The third kappa shape index (κ3) is 1.39. The summed E-state index contributed by atoms with van der Waals surface area (Å²) in [5, 5.41) is 8.96. The molecule has 0 saturated heterocycles. The predicted molar refractivity (Wildman–Crippen MR) is 55.8 cm³/mol. The number of nitrogens with zero attached hydrogens (tertiary/aromatic N) is 1. The summed E-state index contributed by atoms with van der Waals surface area (Å²) >= 11 is 0. The molecule has 2 unspecified atom stereocenters.